The second kappa shape index (κ2) is 4.81. The zero-order chi connectivity index (χ0) is 15.3. The molecule has 4 rings (SSSR count). The second-order valence-electron chi connectivity index (χ2n) is 5.30. The number of pyridine rings is 1. The molecule has 2 aromatic carbocycles. The van der Waals surface area contributed by atoms with Crippen LogP contribution >= 0.6 is 15.9 Å². The summed E-state index contributed by atoms with van der Waals surface area (Å²) in [6, 6.07) is 13.6. The number of rotatable bonds is 1. The van der Waals surface area contributed by atoms with Gasteiger partial charge in [-0.25, -0.2) is 4.68 Å². The van der Waals surface area contributed by atoms with Crippen LogP contribution in [0.5, 0.6) is 0 Å². The molecule has 4 aromatic rings. The zero-order valence-electron chi connectivity index (χ0n) is 11.8. The summed E-state index contributed by atoms with van der Waals surface area (Å²) in [7, 11) is 0. The molecule has 5 heteroatoms. The smallest absolute Gasteiger partial charge is 0.280 e. The lowest BCUT2D eigenvalue weighted by Gasteiger charge is -2.01. The number of benzene rings is 2. The first-order valence-electron chi connectivity index (χ1n) is 6.89. The van der Waals surface area contributed by atoms with Gasteiger partial charge in [-0.3, -0.25) is 14.9 Å². The van der Waals surface area contributed by atoms with Crippen LogP contribution in [0.15, 0.2) is 57.9 Å². The van der Waals surface area contributed by atoms with Crippen molar-refractivity contribution in [2.45, 2.75) is 6.92 Å². The Balaban J connectivity index is 2.07. The number of nitrogens with zero attached hydrogens (tertiary/aromatic N) is 2. The van der Waals surface area contributed by atoms with Crippen molar-refractivity contribution in [2.24, 2.45) is 0 Å². The van der Waals surface area contributed by atoms with E-state index in [0.29, 0.717) is 5.39 Å². The van der Waals surface area contributed by atoms with Gasteiger partial charge in [-0.2, -0.15) is 0 Å². The van der Waals surface area contributed by atoms with Gasteiger partial charge in [0.2, 0.25) is 0 Å². The largest absolute Gasteiger partial charge is 0.290 e. The molecule has 0 spiro atoms. The summed E-state index contributed by atoms with van der Waals surface area (Å²) < 4.78 is 2.53. The highest BCUT2D eigenvalue weighted by Gasteiger charge is 2.11. The van der Waals surface area contributed by atoms with Gasteiger partial charge in [0.25, 0.3) is 5.56 Å². The maximum Gasteiger partial charge on any atom is 0.280 e. The topological polar surface area (TPSA) is 50.7 Å². The molecule has 108 valence electrons. The van der Waals surface area contributed by atoms with E-state index in [1.54, 1.807) is 10.9 Å². The van der Waals surface area contributed by atoms with Crippen LogP contribution in [-0.4, -0.2) is 14.8 Å². The molecule has 0 bridgehead atoms. The van der Waals surface area contributed by atoms with Crippen molar-refractivity contribution in [1.29, 1.82) is 0 Å². The van der Waals surface area contributed by atoms with Crippen LogP contribution in [0.25, 0.3) is 27.5 Å². The van der Waals surface area contributed by atoms with Crippen LogP contribution in [0, 0.1) is 6.92 Å². The molecule has 0 aliphatic carbocycles. The van der Waals surface area contributed by atoms with Gasteiger partial charge < -0.3 is 0 Å². The first-order chi connectivity index (χ1) is 10.6. The molecule has 1 N–H and O–H groups in total. The molecule has 0 fully saturated rings. The number of hydrogen-bond acceptors (Lipinski definition) is 2. The van der Waals surface area contributed by atoms with Crippen molar-refractivity contribution in [3.63, 3.8) is 0 Å². The minimum Gasteiger partial charge on any atom is -0.290 e. The van der Waals surface area contributed by atoms with E-state index in [2.05, 4.69) is 26.0 Å². The number of halogens is 1. The normalized spacial score (nSPS) is 11.4. The molecule has 2 aromatic heterocycles. The molecule has 0 saturated heterocycles. The molecule has 0 radical (unpaired) electrons. The van der Waals surface area contributed by atoms with Crippen LogP contribution in [0.1, 0.15) is 5.56 Å². The third-order valence-corrected chi connectivity index (χ3v) is 4.29. The number of H-pyrrole nitrogens is 1. The van der Waals surface area contributed by atoms with E-state index < -0.39 is 0 Å². The lowest BCUT2D eigenvalue weighted by molar-refractivity contribution is 0.864. The Labute approximate surface area is 134 Å². The van der Waals surface area contributed by atoms with Gasteiger partial charge in [0.15, 0.2) is 0 Å². The van der Waals surface area contributed by atoms with Crippen molar-refractivity contribution in [1.82, 2.24) is 14.8 Å². The van der Waals surface area contributed by atoms with E-state index in [1.807, 2.05) is 49.4 Å². The Morgan fingerprint density at radius 1 is 1.09 bits per heavy atom. The monoisotopic (exact) mass is 353 g/mol. The molecule has 0 atom stereocenters. The number of nitrogens with one attached hydrogen (secondary N) is 1. The Bertz CT molecular complexity index is 1060. The predicted octanol–water partition coefficient (Wildman–Crippen LogP) is 3.94. The van der Waals surface area contributed by atoms with E-state index in [4.69, 9.17) is 0 Å². The zero-order valence-corrected chi connectivity index (χ0v) is 13.4. The highest BCUT2D eigenvalue weighted by Crippen LogP contribution is 2.22. The Kier molecular flexibility index (Phi) is 2.90. The molecule has 0 aliphatic rings. The number of fused-ring (bicyclic) bond motifs is 3. The average Bonchev–Trinajstić information content (AvgIpc) is 2.86. The highest BCUT2D eigenvalue weighted by atomic mass is 79.9. The van der Waals surface area contributed by atoms with E-state index in [9.17, 15) is 4.79 Å². The minimum atomic E-state index is -0.0896. The molecule has 2 heterocycles. The molecular formula is C17H12BrN3O. The molecular weight excluding hydrogens is 342 g/mol. The minimum absolute atomic E-state index is 0.0896. The van der Waals surface area contributed by atoms with Crippen molar-refractivity contribution >= 4 is 37.7 Å². The summed E-state index contributed by atoms with van der Waals surface area (Å²) in [5.41, 5.74) is 3.54. The van der Waals surface area contributed by atoms with E-state index in [-0.39, 0.29) is 5.56 Å². The number of aromatic nitrogens is 3. The maximum atomic E-state index is 12.6. The van der Waals surface area contributed by atoms with E-state index in [0.717, 1.165) is 32.1 Å². The lowest BCUT2D eigenvalue weighted by atomic mass is 10.1. The first kappa shape index (κ1) is 13.3. The SMILES string of the molecule is Cc1ccc2ncc3c(=O)n(-c4ccc(Br)cc4)[nH]c3c2c1. The fraction of sp³-hybridized carbons (Fsp3) is 0.0588. The number of aromatic amines is 1. The van der Waals surface area contributed by atoms with Crippen LogP contribution in [-0.2, 0) is 0 Å². The van der Waals surface area contributed by atoms with Gasteiger partial charge in [0.1, 0.15) is 0 Å². The molecule has 4 nitrogen and oxygen atoms in total. The van der Waals surface area contributed by atoms with Crippen LogP contribution in [0.2, 0.25) is 0 Å². The predicted molar refractivity (Wildman–Crippen MR) is 91.6 cm³/mol. The second-order valence-corrected chi connectivity index (χ2v) is 6.21. The van der Waals surface area contributed by atoms with Crippen LogP contribution in [0.4, 0.5) is 0 Å². The number of aryl methyl sites for hydroxylation is 1. The van der Waals surface area contributed by atoms with E-state index in [1.165, 1.54) is 0 Å². The first-order valence-corrected chi connectivity index (χ1v) is 7.69. The molecule has 0 saturated carbocycles. The summed E-state index contributed by atoms with van der Waals surface area (Å²) >= 11 is 3.40. The van der Waals surface area contributed by atoms with Gasteiger partial charge in [-0.15, -0.1) is 0 Å². The molecule has 0 unspecified atom stereocenters. The van der Waals surface area contributed by atoms with Crippen LogP contribution < -0.4 is 5.56 Å². The summed E-state index contributed by atoms with van der Waals surface area (Å²) in [6.45, 7) is 2.03. The van der Waals surface area contributed by atoms with Crippen molar-refractivity contribution in [3.8, 4) is 5.69 Å². The standard InChI is InChI=1S/C17H12BrN3O/c1-10-2-7-15-13(8-10)16-14(9-19-15)17(22)21(20-16)12-5-3-11(18)4-6-12/h2-9,20H,1H3. The maximum absolute atomic E-state index is 12.6. The Hall–Kier alpha value is -2.40. The fourth-order valence-corrected chi connectivity index (χ4v) is 2.91. The summed E-state index contributed by atoms with van der Waals surface area (Å²) in [5.74, 6) is 0. The quantitative estimate of drug-likeness (QED) is 0.563. The molecule has 0 aliphatic heterocycles. The van der Waals surface area contributed by atoms with Gasteiger partial charge in [0, 0.05) is 16.1 Å². The Morgan fingerprint density at radius 3 is 2.64 bits per heavy atom. The Morgan fingerprint density at radius 2 is 1.86 bits per heavy atom. The van der Waals surface area contributed by atoms with E-state index >= 15 is 0 Å². The third-order valence-electron chi connectivity index (χ3n) is 3.77. The third kappa shape index (κ3) is 1.97. The van der Waals surface area contributed by atoms with Crippen LogP contribution in [0.3, 0.4) is 0 Å². The summed E-state index contributed by atoms with van der Waals surface area (Å²) in [4.78, 5) is 17.0. The lowest BCUT2D eigenvalue weighted by Crippen LogP contribution is -2.13. The summed E-state index contributed by atoms with van der Waals surface area (Å²) in [5, 5.41) is 4.78. The van der Waals surface area contributed by atoms with Gasteiger partial charge in [-0.1, -0.05) is 27.6 Å². The van der Waals surface area contributed by atoms with Crippen molar-refractivity contribution in [2.75, 3.05) is 0 Å². The van der Waals surface area contributed by atoms with Gasteiger partial charge >= 0.3 is 0 Å². The molecule has 0 amide bonds. The average molecular weight is 354 g/mol. The summed E-state index contributed by atoms with van der Waals surface area (Å²) in [6.07, 6.45) is 1.64. The van der Waals surface area contributed by atoms with Gasteiger partial charge in [-0.05, 0) is 43.3 Å². The number of hydrogen-bond donors (Lipinski definition) is 1. The van der Waals surface area contributed by atoms with Gasteiger partial charge in [0.05, 0.1) is 22.1 Å². The van der Waals surface area contributed by atoms with Crippen molar-refractivity contribution in [3.05, 3.63) is 69.1 Å². The van der Waals surface area contributed by atoms with Crippen molar-refractivity contribution < 1.29 is 0 Å². The highest BCUT2D eigenvalue weighted by molar-refractivity contribution is 9.10. The fourth-order valence-electron chi connectivity index (χ4n) is 2.64. The molecule has 22 heavy (non-hydrogen) atoms.